The van der Waals surface area contributed by atoms with Gasteiger partial charge in [0, 0.05) is 19.3 Å². The number of pyridine rings is 1. The molecule has 1 saturated heterocycles. The van der Waals surface area contributed by atoms with Crippen LogP contribution in [0, 0.1) is 0 Å². The lowest BCUT2D eigenvalue weighted by molar-refractivity contribution is -0.121. The number of rotatable bonds is 3. The van der Waals surface area contributed by atoms with Gasteiger partial charge in [-0.25, -0.2) is 4.98 Å². The Kier molecular flexibility index (Phi) is 4.74. The summed E-state index contributed by atoms with van der Waals surface area (Å²) in [6.45, 7) is 3.34. The monoisotopic (exact) mass is 283 g/mol. The minimum atomic E-state index is -0.232. The van der Waals surface area contributed by atoms with Gasteiger partial charge in [-0.3, -0.25) is 9.69 Å². The van der Waals surface area contributed by atoms with E-state index in [1.165, 1.54) is 6.20 Å². The van der Waals surface area contributed by atoms with Crippen molar-refractivity contribution in [3.8, 4) is 0 Å². The predicted molar refractivity (Wildman–Crippen MR) is 74.2 cm³/mol. The molecule has 2 rings (SSSR count). The number of hydrogen-bond acceptors (Lipinski definition) is 4. The number of halogens is 1. The molecule has 0 unspecified atom stereocenters. The van der Waals surface area contributed by atoms with Crippen molar-refractivity contribution in [2.24, 2.45) is 0 Å². The smallest absolute Gasteiger partial charge is 0.242 e. The molecule has 104 valence electrons. The fourth-order valence-electron chi connectivity index (χ4n) is 2.12. The Morgan fingerprint density at radius 3 is 2.79 bits per heavy atom. The van der Waals surface area contributed by atoms with Crippen molar-refractivity contribution in [3.63, 3.8) is 0 Å². The van der Waals surface area contributed by atoms with Crippen LogP contribution in [-0.2, 0) is 4.79 Å². The van der Waals surface area contributed by atoms with Gasteiger partial charge in [0.25, 0.3) is 0 Å². The van der Waals surface area contributed by atoms with E-state index in [0.29, 0.717) is 10.8 Å². The van der Waals surface area contributed by atoms with E-state index >= 15 is 0 Å². The largest absolute Gasteiger partial charge is 0.393 e. The van der Waals surface area contributed by atoms with Gasteiger partial charge in [-0.15, -0.1) is 0 Å². The first-order chi connectivity index (χ1) is 9.06. The van der Waals surface area contributed by atoms with E-state index in [1.807, 2.05) is 6.92 Å². The van der Waals surface area contributed by atoms with Crippen LogP contribution in [0.5, 0.6) is 0 Å². The minimum absolute atomic E-state index is 0.0915. The minimum Gasteiger partial charge on any atom is -0.393 e. The fraction of sp³-hybridized carbons (Fsp3) is 0.538. The highest BCUT2D eigenvalue weighted by Gasteiger charge is 2.25. The van der Waals surface area contributed by atoms with Crippen molar-refractivity contribution < 1.29 is 9.90 Å². The highest BCUT2D eigenvalue weighted by Crippen LogP contribution is 2.15. The Hall–Kier alpha value is -1.17. The van der Waals surface area contributed by atoms with Crippen LogP contribution in [0.3, 0.4) is 0 Å². The van der Waals surface area contributed by atoms with Gasteiger partial charge < -0.3 is 10.4 Å². The van der Waals surface area contributed by atoms with Gasteiger partial charge in [0.2, 0.25) is 5.91 Å². The zero-order valence-electron chi connectivity index (χ0n) is 10.8. The second kappa shape index (κ2) is 6.32. The number of aliphatic hydroxyl groups is 1. The maximum absolute atomic E-state index is 12.1. The van der Waals surface area contributed by atoms with Crippen molar-refractivity contribution in [2.75, 3.05) is 18.4 Å². The van der Waals surface area contributed by atoms with Crippen LogP contribution in [0.4, 0.5) is 5.82 Å². The molecule has 2 N–H and O–H groups in total. The molecular formula is C13H18ClN3O2. The third-order valence-electron chi connectivity index (χ3n) is 3.40. The number of carbonyl (C=O) groups is 1. The average Bonchev–Trinajstić information content (AvgIpc) is 2.41. The fourth-order valence-corrected chi connectivity index (χ4v) is 2.23. The maximum Gasteiger partial charge on any atom is 0.242 e. The quantitative estimate of drug-likeness (QED) is 0.883. The van der Waals surface area contributed by atoms with E-state index in [2.05, 4.69) is 15.2 Å². The van der Waals surface area contributed by atoms with Gasteiger partial charge in [0.1, 0.15) is 5.82 Å². The number of piperidine rings is 1. The Labute approximate surface area is 117 Å². The lowest BCUT2D eigenvalue weighted by Crippen LogP contribution is -2.47. The normalized spacial score (nSPS) is 19.1. The van der Waals surface area contributed by atoms with Crippen LogP contribution in [0.1, 0.15) is 19.8 Å². The van der Waals surface area contributed by atoms with Crippen molar-refractivity contribution in [3.05, 3.63) is 23.4 Å². The van der Waals surface area contributed by atoms with Crippen LogP contribution >= 0.6 is 11.6 Å². The average molecular weight is 284 g/mol. The molecule has 0 aliphatic carbocycles. The van der Waals surface area contributed by atoms with E-state index in [9.17, 15) is 9.90 Å². The van der Waals surface area contributed by atoms with E-state index in [4.69, 9.17) is 11.6 Å². The van der Waals surface area contributed by atoms with Gasteiger partial charge in [-0.2, -0.15) is 0 Å². The molecule has 1 aliphatic heterocycles. The van der Waals surface area contributed by atoms with E-state index in [-0.39, 0.29) is 18.1 Å². The molecule has 1 atom stereocenters. The lowest BCUT2D eigenvalue weighted by atomic mass is 10.1. The van der Waals surface area contributed by atoms with Crippen molar-refractivity contribution >= 4 is 23.3 Å². The van der Waals surface area contributed by atoms with Crippen molar-refractivity contribution in [2.45, 2.75) is 31.9 Å². The first-order valence-corrected chi connectivity index (χ1v) is 6.78. The Morgan fingerprint density at radius 1 is 1.53 bits per heavy atom. The third-order valence-corrected chi connectivity index (χ3v) is 3.63. The SMILES string of the molecule is C[C@@H](C(=O)Nc1ccc(Cl)cn1)N1CCC(O)CC1. The molecule has 0 bridgehead atoms. The Morgan fingerprint density at radius 2 is 2.21 bits per heavy atom. The van der Waals surface area contributed by atoms with Gasteiger partial charge in [0.15, 0.2) is 0 Å². The van der Waals surface area contributed by atoms with Gasteiger partial charge >= 0.3 is 0 Å². The highest BCUT2D eigenvalue weighted by molar-refractivity contribution is 6.30. The lowest BCUT2D eigenvalue weighted by Gasteiger charge is -2.33. The number of nitrogens with one attached hydrogen (secondary N) is 1. The molecule has 1 aromatic heterocycles. The number of nitrogens with zero attached hydrogens (tertiary/aromatic N) is 2. The van der Waals surface area contributed by atoms with Crippen LogP contribution < -0.4 is 5.32 Å². The molecule has 1 aliphatic rings. The van der Waals surface area contributed by atoms with E-state index in [0.717, 1.165) is 25.9 Å². The van der Waals surface area contributed by atoms with Crippen molar-refractivity contribution in [1.29, 1.82) is 0 Å². The topological polar surface area (TPSA) is 65.5 Å². The molecule has 1 aromatic rings. The van der Waals surface area contributed by atoms with Gasteiger partial charge in [-0.1, -0.05) is 11.6 Å². The zero-order chi connectivity index (χ0) is 13.8. The number of likely N-dealkylation sites (tertiary alicyclic amines) is 1. The summed E-state index contributed by atoms with van der Waals surface area (Å²) in [4.78, 5) is 18.2. The van der Waals surface area contributed by atoms with Gasteiger partial charge in [-0.05, 0) is 31.9 Å². The maximum atomic E-state index is 12.1. The highest BCUT2D eigenvalue weighted by atomic mass is 35.5. The zero-order valence-corrected chi connectivity index (χ0v) is 11.6. The summed E-state index contributed by atoms with van der Waals surface area (Å²) in [7, 11) is 0. The van der Waals surface area contributed by atoms with Crippen LogP contribution in [0.25, 0.3) is 0 Å². The van der Waals surface area contributed by atoms with Crippen LogP contribution in [-0.4, -0.2) is 46.1 Å². The molecule has 19 heavy (non-hydrogen) atoms. The second-order valence-electron chi connectivity index (χ2n) is 4.79. The summed E-state index contributed by atoms with van der Waals surface area (Å²) < 4.78 is 0. The predicted octanol–water partition coefficient (Wildman–Crippen LogP) is 1.52. The molecule has 6 heteroatoms. The molecule has 2 heterocycles. The molecule has 1 amide bonds. The molecule has 1 fully saturated rings. The molecule has 0 radical (unpaired) electrons. The molecular weight excluding hydrogens is 266 g/mol. The first-order valence-electron chi connectivity index (χ1n) is 6.41. The summed E-state index contributed by atoms with van der Waals surface area (Å²) in [5.74, 6) is 0.407. The summed E-state index contributed by atoms with van der Waals surface area (Å²) >= 11 is 5.74. The summed E-state index contributed by atoms with van der Waals surface area (Å²) in [5, 5.41) is 12.8. The molecule has 5 nitrogen and oxygen atoms in total. The van der Waals surface area contributed by atoms with Crippen molar-refractivity contribution in [1.82, 2.24) is 9.88 Å². The summed E-state index contributed by atoms with van der Waals surface area (Å²) in [6, 6.07) is 3.13. The number of hydrogen-bond donors (Lipinski definition) is 2. The first kappa shape index (κ1) is 14.2. The number of aromatic nitrogens is 1. The Balaban J connectivity index is 1.90. The number of carbonyl (C=O) groups excluding carboxylic acids is 1. The van der Waals surface area contributed by atoms with Gasteiger partial charge in [0.05, 0.1) is 17.2 Å². The second-order valence-corrected chi connectivity index (χ2v) is 5.23. The number of anilines is 1. The molecule has 0 saturated carbocycles. The Bertz CT molecular complexity index is 430. The third kappa shape index (κ3) is 3.89. The number of amides is 1. The molecule has 0 spiro atoms. The van der Waals surface area contributed by atoms with Crippen LogP contribution in [0.15, 0.2) is 18.3 Å². The summed E-state index contributed by atoms with van der Waals surface area (Å²) in [6.07, 6.45) is 2.71. The molecule has 0 aromatic carbocycles. The number of aliphatic hydroxyl groups excluding tert-OH is 1. The standard InChI is InChI=1S/C13H18ClN3O2/c1-9(17-6-4-11(18)5-7-17)13(19)16-12-3-2-10(14)8-15-12/h2-3,8-9,11,18H,4-7H2,1H3,(H,15,16,19)/t9-/m0/s1. The van der Waals surface area contributed by atoms with E-state index < -0.39 is 0 Å². The summed E-state index contributed by atoms with van der Waals surface area (Å²) in [5.41, 5.74) is 0. The van der Waals surface area contributed by atoms with Crippen LogP contribution in [0.2, 0.25) is 5.02 Å². The van der Waals surface area contributed by atoms with E-state index in [1.54, 1.807) is 12.1 Å².